The molecule has 0 aliphatic heterocycles. The molecular formula is C21H23F3O3. The normalized spacial score (nSPS) is 12.6. The van der Waals surface area contributed by atoms with Crippen LogP contribution in [0.4, 0.5) is 13.2 Å². The number of methoxy groups -OCH3 is 1. The third-order valence-corrected chi connectivity index (χ3v) is 4.11. The first-order valence-electron chi connectivity index (χ1n) is 8.53. The van der Waals surface area contributed by atoms with Crippen molar-refractivity contribution in [3.63, 3.8) is 0 Å². The number of esters is 1. The van der Waals surface area contributed by atoms with Crippen molar-refractivity contribution >= 4 is 5.97 Å². The van der Waals surface area contributed by atoms with Crippen LogP contribution in [0.15, 0.2) is 30.3 Å². The van der Waals surface area contributed by atoms with Crippen LogP contribution < -0.4 is 4.74 Å². The third kappa shape index (κ3) is 5.02. The van der Waals surface area contributed by atoms with Gasteiger partial charge in [0.15, 0.2) is 17.5 Å². The minimum atomic E-state index is -1.53. The molecule has 0 N–H and O–H groups in total. The molecule has 0 aliphatic carbocycles. The van der Waals surface area contributed by atoms with E-state index in [1.54, 1.807) is 45.0 Å². The summed E-state index contributed by atoms with van der Waals surface area (Å²) in [5, 5.41) is 0. The van der Waals surface area contributed by atoms with Gasteiger partial charge in [-0.2, -0.15) is 0 Å². The summed E-state index contributed by atoms with van der Waals surface area (Å²) < 4.78 is 52.2. The molecule has 27 heavy (non-hydrogen) atoms. The Labute approximate surface area is 157 Å². The van der Waals surface area contributed by atoms with E-state index in [2.05, 4.69) is 0 Å². The van der Waals surface area contributed by atoms with Gasteiger partial charge < -0.3 is 9.47 Å². The average molecular weight is 380 g/mol. The fourth-order valence-corrected chi connectivity index (χ4v) is 2.88. The Kier molecular flexibility index (Phi) is 6.19. The number of benzene rings is 2. The summed E-state index contributed by atoms with van der Waals surface area (Å²) in [5.74, 6) is -4.81. The van der Waals surface area contributed by atoms with E-state index in [1.807, 2.05) is 0 Å². The molecule has 2 aromatic rings. The van der Waals surface area contributed by atoms with Crippen LogP contribution in [0.25, 0.3) is 0 Å². The second-order valence-corrected chi connectivity index (χ2v) is 7.32. The second kappa shape index (κ2) is 8.03. The maximum absolute atomic E-state index is 14.1. The van der Waals surface area contributed by atoms with Crippen LogP contribution in [0.5, 0.6) is 5.75 Å². The van der Waals surface area contributed by atoms with Gasteiger partial charge in [0.05, 0.1) is 13.5 Å². The fraction of sp³-hybridized carbons (Fsp3) is 0.381. The van der Waals surface area contributed by atoms with E-state index in [0.717, 1.165) is 6.07 Å². The minimum Gasteiger partial charge on any atom is -0.497 e. The molecule has 1 atom stereocenters. The molecule has 0 saturated carbocycles. The SMILES string of the molecule is COc1cccc([C@H](CC(=O)OC(C)(C)C)c2cc(F)c(F)c(F)c2C)c1. The number of rotatable bonds is 5. The minimum absolute atomic E-state index is 0.0507. The molecule has 0 heterocycles. The van der Waals surface area contributed by atoms with Crippen LogP contribution in [0.2, 0.25) is 0 Å². The Morgan fingerprint density at radius 2 is 1.78 bits per heavy atom. The standard InChI is InChI=1S/C21H23F3O3/c1-12-15(10-17(22)20(24)19(12)23)16(11-18(25)27-21(2,3)4)13-7-6-8-14(9-13)26-5/h6-10,16H,11H2,1-5H3/t16-/m0/s1. The molecule has 146 valence electrons. The average Bonchev–Trinajstić information content (AvgIpc) is 2.59. The molecule has 0 saturated heterocycles. The fourth-order valence-electron chi connectivity index (χ4n) is 2.88. The molecule has 6 heteroatoms. The zero-order valence-electron chi connectivity index (χ0n) is 16.0. The van der Waals surface area contributed by atoms with Crippen molar-refractivity contribution in [1.29, 1.82) is 0 Å². The number of carbonyl (C=O) groups excluding carboxylic acids is 1. The lowest BCUT2D eigenvalue weighted by atomic mass is 9.85. The first kappa shape index (κ1) is 20.8. The highest BCUT2D eigenvalue weighted by Crippen LogP contribution is 2.35. The van der Waals surface area contributed by atoms with Crippen LogP contribution in [-0.2, 0) is 9.53 Å². The molecule has 2 rings (SSSR count). The summed E-state index contributed by atoms with van der Waals surface area (Å²) in [6.45, 7) is 6.55. The van der Waals surface area contributed by atoms with Crippen molar-refractivity contribution in [2.24, 2.45) is 0 Å². The van der Waals surface area contributed by atoms with Gasteiger partial charge in [-0.25, -0.2) is 13.2 Å². The van der Waals surface area contributed by atoms with Crippen LogP contribution >= 0.6 is 0 Å². The van der Waals surface area contributed by atoms with Crippen LogP contribution in [-0.4, -0.2) is 18.7 Å². The highest BCUT2D eigenvalue weighted by atomic mass is 19.2. The Bertz CT molecular complexity index is 841. The number of ether oxygens (including phenoxy) is 2. The Hall–Kier alpha value is -2.50. The number of carbonyl (C=O) groups is 1. The smallest absolute Gasteiger partial charge is 0.307 e. The monoisotopic (exact) mass is 380 g/mol. The van der Waals surface area contributed by atoms with Gasteiger partial charge in [-0.3, -0.25) is 4.79 Å². The lowest BCUT2D eigenvalue weighted by molar-refractivity contribution is -0.155. The van der Waals surface area contributed by atoms with Crippen LogP contribution in [0.1, 0.15) is 49.8 Å². The maximum Gasteiger partial charge on any atom is 0.307 e. The van der Waals surface area contributed by atoms with E-state index in [0.29, 0.717) is 11.3 Å². The summed E-state index contributed by atoms with van der Waals surface area (Å²) in [5.41, 5.74) is 0.0363. The molecule has 0 radical (unpaired) electrons. The zero-order valence-corrected chi connectivity index (χ0v) is 16.0. The van der Waals surface area contributed by atoms with E-state index >= 15 is 0 Å². The summed E-state index contributed by atoms with van der Waals surface area (Å²) in [6.07, 6.45) is -0.157. The highest BCUT2D eigenvalue weighted by molar-refractivity contribution is 5.72. The van der Waals surface area contributed by atoms with E-state index in [-0.39, 0.29) is 17.5 Å². The number of hydrogen-bond acceptors (Lipinski definition) is 3. The zero-order chi connectivity index (χ0) is 20.4. The van der Waals surface area contributed by atoms with Gasteiger partial charge in [-0.05, 0) is 62.6 Å². The van der Waals surface area contributed by atoms with Gasteiger partial charge in [-0.15, -0.1) is 0 Å². The summed E-state index contributed by atoms with van der Waals surface area (Å²) in [4.78, 5) is 12.4. The van der Waals surface area contributed by atoms with Gasteiger partial charge in [0.25, 0.3) is 0 Å². The number of halogens is 3. The van der Waals surface area contributed by atoms with E-state index in [9.17, 15) is 18.0 Å². The van der Waals surface area contributed by atoms with Crippen LogP contribution in [0, 0.1) is 24.4 Å². The predicted molar refractivity (Wildman–Crippen MR) is 96.4 cm³/mol. The molecule has 0 fully saturated rings. The van der Waals surface area contributed by atoms with E-state index < -0.39 is 34.9 Å². The van der Waals surface area contributed by atoms with Gasteiger partial charge in [0, 0.05) is 5.92 Å². The molecule has 0 unspecified atom stereocenters. The van der Waals surface area contributed by atoms with E-state index in [4.69, 9.17) is 9.47 Å². The second-order valence-electron chi connectivity index (χ2n) is 7.32. The van der Waals surface area contributed by atoms with Gasteiger partial charge in [-0.1, -0.05) is 12.1 Å². The summed E-state index contributed by atoms with van der Waals surface area (Å²) >= 11 is 0. The van der Waals surface area contributed by atoms with Crippen molar-refractivity contribution < 1.29 is 27.4 Å². The van der Waals surface area contributed by atoms with Gasteiger partial charge >= 0.3 is 5.97 Å². The highest BCUT2D eigenvalue weighted by Gasteiger charge is 2.27. The molecule has 0 aromatic heterocycles. The predicted octanol–water partition coefficient (Wildman–Crippen LogP) is 5.28. The maximum atomic E-state index is 14.1. The molecule has 0 spiro atoms. The Balaban J connectivity index is 2.55. The van der Waals surface area contributed by atoms with Gasteiger partial charge in [0.2, 0.25) is 0 Å². The topological polar surface area (TPSA) is 35.5 Å². The van der Waals surface area contributed by atoms with Crippen molar-refractivity contribution in [1.82, 2.24) is 0 Å². The Morgan fingerprint density at radius 1 is 1.11 bits per heavy atom. The summed E-state index contributed by atoms with van der Waals surface area (Å²) in [6, 6.07) is 7.75. The van der Waals surface area contributed by atoms with Gasteiger partial charge in [0.1, 0.15) is 11.4 Å². The van der Waals surface area contributed by atoms with Crippen molar-refractivity contribution in [2.75, 3.05) is 7.11 Å². The Morgan fingerprint density at radius 3 is 2.37 bits per heavy atom. The molecule has 3 nitrogen and oxygen atoms in total. The van der Waals surface area contributed by atoms with Crippen LogP contribution in [0.3, 0.4) is 0 Å². The quantitative estimate of drug-likeness (QED) is 0.523. The first-order valence-corrected chi connectivity index (χ1v) is 8.53. The first-order chi connectivity index (χ1) is 12.5. The van der Waals surface area contributed by atoms with Crippen molar-refractivity contribution in [3.8, 4) is 5.75 Å². The number of hydrogen-bond donors (Lipinski definition) is 0. The van der Waals surface area contributed by atoms with E-state index in [1.165, 1.54) is 14.0 Å². The lowest BCUT2D eigenvalue weighted by Crippen LogP contribution is -2.25. The molecular weight excluding hydrogens is 357 g/mol. The largest absolute Gasteiger partial charge is 0.497 e. The molecule has 0 bridgehead atoms. The van der Waals surface area contributed by atoms with Crippen molar-refractivity contribution in [2.45, 2.75) is 45.6 Å². The lowest BCUT2D eigenvalue weighted by Gasteiger charge is -2.24. The third-order valence-electron chi connectivity index (χ3n) is 4.11. The molecule has 2 aromatic carbocycles. The summed E-state index contributed by atoms with van der Waals surface area (Å²) in [7, 11) is 1.49. The molecule has 0 amide bonds. The van der Waals surface area contributed by atoms with Crippen molar-refractivity contribution in [3.05, 3.63) is 64.5 Å². The molecule has 0 aliphatic rings.